The van der Waals surface area contributed by atoms with Gasteiger partial charge in [0.05, 0.1) is 6.54 Å². The summed E-state index contributed by atoms with van der Waals surface area (Å²) < 4.78 is 0. The van der Waals surface area contributed by atoms with E-state index in [0.717, 1.165) is 50.5 Å². The van der Waals surface area contributed by atoms with Crippen molar-refractivity contribution in [2.45, 2.75) is 64.0 Å². The molecule has 3 rings (SSSR count). The van der Waals surface area contributed by atoms with Crippen molar-refractivity contribution in [3.63, 3.8) is 0 Å². The first-order chi connectivity index (χ1) is 16.6. The summed E-state index contributed by atoms with van der Waals surface area (Å²) >= 11 is 0. The van der Waals surface area contributed by atoms with Gasteiger partial charge < -0.3 is 26.6 Å². The highest BCUT2D eigenvalue weighted by Crippen LogP contribution is 2.46. The van der Waals surface area contributed by atoms with E-state index >= 15 is 0 Å². The molecule has 0 spiro atoms. The Morgan fingerprint density at radius 1 is 1.17 bits per heavy atom. The highest BCUT2D eigenvalue weighted by atomic mass is 16.2. The van der Waals surface area contributed by atoms with E-state index < -0.39 is 47.7 Å². The van der Waals surface area contributed by atoms with Gasteiger partial charge in [-0.2, -0.15) is 0 Å². The molecule has 1 heterocycles. The Morgan fingerprint density at radius 3 is 2.49 bits per heavy atom. The number of hydrogen-bond donors (Lipinski definition) is 4. The van der Waals surface area contributed by atoms with Gasteiger partial charge in [0, 0.05) is 19.0 Å². The Kier molecular flexibility index (Phi) is 8.34. The Labute approximate surface area is 206 Å². The molecule has 35 heavy (non-hydrogen) atoms. The Balaban J connectivity index is 1.81. The molecular weight excluding hydrogens is 450 g/mol. The van der Waals surface area contributed by atoms with E-state index in [2.05, 4.69) is 29.1 Å². The van der Waals surface area contributed by atoms with Gasteiger partial charge in [0.2, 0.25) is 17.6 Å². The number of Topliss-reactive ketones (excluding diaryl/α,β-unsaturated/α-hetero) is 1. The highest BCUT2D eigenvalue weighted by molar-refractivity contribution is 6.37. The van der Waals surface area contributed by atoms with Crippen LogP contribution in [0.15, 0.2) is 24.8 Å². The lowest BCUT2D eigenvalue weighted by Crippen LogP contribution is -2.61. The molecule has 10 nitrogen and oxygen atoms in total. The van der Waals surface area contributed by atoms with Gasteiger partial charge in [-0.15, -0.1) is 6.58 Å². The minimum Gasteiger partial charge on any atom is -0.352 e. The number of carbonyl (C=O) groups is 5. The molecule has 3 fully saturated rings. The lowest BCUT2D eigenvalue weighted by Gasteiger charge is -2.42. The largest absolute Gasteiger partial charge is 0.352 e. The predicted molar refractivity (Wildman–Crippen MR) is 130 cm³/mol. The van der Waals surface area contributed by atoms with Crippen LogP contribution in [-0.2, 0) is 19.2 Å². The molecule has 0 aromatic heterocycles. The van der Waals surface area contributed by atoms with Crippen LogP contribution in [0.3, 0.4) is 0 Å². The Morgan fingerprint density at radius 2 is 1.86 bits per heavy atom. The molecule has 1 saturated heterocycles. The Hall–Kier alpha value is -3.17. The third kappa shape index (κ3) is 5.74. The van der Waals surface area contributed by atoms with Crippen LogP contribution in [0.4, 0.5) is 4.79 Å². The second-order valence-corrected chi connectivity index (χ2v) is 10.2. The van der Waals surface area contributed by atoms with Crippen LogP contribution in [0.2, 0.25) is 0 Å². The number of amides is 5. The number of rotatable bonds is 9. The lowest BCUT2D eigenvalue weighted by molar-refractivity contribution is -0.144. The molecule has 0 aromatic rings. The number of fused-ring (bicyclic) bond motifs is 1. The topological polar surface area (TPSA) is 151 Å². The standard InChI is InChI=1S/C25H37N5O5/c1-4-12-27-21(32)17(31)13-28-22(33)19-18-15(2)8-9-16(18)14-30(19)23(34)20(29-24(26)35)25(3)10-6-5-7-11-25/h4,16,18-20H,1-2,5-14H2,3H3,(H,27,32)(H,28,33)(H3,26,29,35)/t16-,18-,19-,20+/m0/s1. The molecular formula is C25H37N5O5. The fourth-order valence-electron chi connectivity index (χ4n) is 5.93. The number of nitrogens with two attached hydrogens (primary N) is 1. The van der Waals surface area contributed by atoms with E-state index in [1.165, 1.54) is 11.0 Å². The number of urea groups is 1. The maximum Gasteiger partial charge on any atom is 0.312 e. The van der Waals surface area contributed by atoms with Gasteiger partial charge in [0.25, 0.3) is 5.91 Å². The van der Waals surface area contributed by atoms with E-state index in [-0.39, 0.29) is 24.3 Å². The summed E-state index contributed by atoms with van der Waals surface area (Å²) in [6, 6.07) is -2.50. The number of nitrogens with zero attached hydrogens (tertiary/aromatic N) is 1. The zero-order chi connectivity index (χ0) is 25.8. The first kappa shape index (κ1) is 26.4. The number of likely N-dealkylation sites (tertiary alicyclic amines) is 1. The molecule has 0 aromatic carbocycles. The third-order valence-corrected chi connectivity index (χ3v) is 7.78. The second-order valence-electron chi connectivity index (χ2n) is 10.2. The average molecular weight is 488 g/mol. The monoisotopic (exact) mass is 487 g/mol. The van der Waals surface area contributed by atoms with Crippen LogP contribution >= 0.6 is 0 Å². The van der Waals surface area contributed by atoms with Crippen molar-refractivity contribution in [3.8, 4) is 0 Å². The molecule has 1 aliphatic heterocycles. The molecule has 2 saturated carbocycles. The van der Waals surface area contributed by atoms with Crippen molar-refractivity contribution in [2.75, 3.05) is 19.6 Å². The molecule has 5 N–H and O–H groups in total. The van der Waals surface area contributed by atoms with E-state index in [1.54, 1.807) is 0 Å². The van der Waals surface area contributed by atoms with Gasteiger partial charge in [0.1, 0.15) is 12.1 Å². The van der Waals surface area contributed by atoms with Crippen LogP contribution in [0, 0.1) is 17.3 Å². The number of hydrogen-bond acceptors (Lipinski definition) is 5. The SMILES string of the molecule is C=CCNC(=O)C(=O)CNC(=O)[C@@H]1[C@H]2C(=C)CC[C@H]2CN1C(=O)[C@@H](NC(N)=O)C1(C)CCCCC1. The summed E-state index contributed by atoms with van der Waals surface area (Å²) in [5.41, 5.74) is 5.87. The van der Waals surface area contributed by atoms with Crippen LogP contribution in [0.5, 0.6) is 0 Å². The number of primary amides is 1. The molecule has 5 amide bonds. The van der Waals surface area contributed by atoms with E-state index in [1.807, 2.05) is 6.92 Å². The zero-order valence-corrected chi connectivity index (χ0v) is 20.4. The summed E-state index contributed by atoms with van der Waals surface area (Å²) in [5, 5.41) is 7.59. The molecule has 2 aliphatic carbocycles. The van der Waals surface area contributed by atoms with Crippen LogP contribution in [-0.4, -0.2) is 66.2 Å². The van der Waals surface area contributed by atoms with Crippen LogP contribution in [0.1, 0.15) is 51.9 Å². The smallest absolute Gasteiger partial charge is 0.312 e. The van der Waals surface area contributed by atoms with E-state index in [9.17, 15) is 24.0 Å². The number of ketones is 1. The van der Waals surface area contributed by atoms with Crippen molar-refractivity contribution in [3.05, 3.63) is 24.8 Å². The average Bonchev–Trinajstić information content (AvgIpc) is 3.38. The number of carbonyl (C=O) groups excluding carboxylic acids is 5. The maximum atomic E-state index is 13.9. The van der Waals surface area contributed by atoms with Gasteiger partial charge in [0.15, 0.2) is 0 Å². The van der Waals surface area contributed by atoms with E-state index in [4.69, 9.17) is 5.73 Å². The molecule has 0 radical (unpaired) electrons. The minimum absolute atomic E-state index is 0.0715. The quantitative estimate of drug-likeness (QED) is 0.280. The maximum absolute atomic E-state index is 13.9. The van der Waals surface area contributed by atoms with E-state index in [0.29, 0.717) is 6.54 Å². The molecule has 3 aliphatic rings. The first-order valence-electron chi connectivity index (χ1n) is 12.3. The second kappa shape index (κ2) is 11.0. The van der Waals surface area contributed by atoms with Gasteiger partial charge in [-0.05, 0) is 37.0 Å². The molecule has 0 bridgehead atoms. The highest BCUT2D eigenvalue weighted by Gasteiger charge is 2.54. The molecule has 192 valence electrons. The zero-order valence-electron chi connectivity index (χ0n) is 20.4. The van der Waals surface area contributed by atoms with Crippen LogP contribution < -0.4 is 21.7 Å². The fraction of sp³-hybridized carbons (Fsp3) is 0.640. The Bertz CT molecular complexity index is 910. The number of nitrogens with one attached hydrogen (secondary N) is 3. The summed E-state index contributed by atoms with van der Waals surface area (Å²) in [4.78, 5) is 64.6. The van der Waals surface area contributed by atoms with Crippen molar-refractivity contribution < 1.29 is 24.0 Å². The lowest BCUT2D eigenvalue weighted by atomic mass is 9.70. The van der Waals surface area contributed by atoms with Gasteiger partial charge in [-0.3, -0.25) is 19.2 Å². The van der Waals surface area contributed by atoms with Crippen molar-refractivity contribution >= 4 is 29.5 Å². The molecule has 0 unspecified atom stereocenters. The summed E-state index contributed by atoms with van der Waals surface area (Å²) in [6.45, 7) is 9.61. The van der Waals surface area contributed by atoms with Gasteiger partial charge in [-0.25, -0.2) is 4.79 Å². The predicted octanol–water partition coefficient (Wildman–Crippen LogP) is 0.774. The normalized spacial score (nSPS) is 25.8. The summed E-state index contributed by atoms with van der Waals surface area (Å²) in [5.74, 6) is -2.63. The summed E-state index contributed by atoms with van der Waals surface area (Å²) in [6.07, 6.45) is 7.52. The van der Waals surface area contributed by atoms with Crippen molar-refractivity contribution in [2.24, 2.45) is 23.0 Å². The fourth-order valence-corrected chi connectivity index (χ4v) is 5.93. The van der Waals surface area contributed by atoms with Gasteiger partial charge in [-0.1, -0.05) is 44.4 Å². The molecule has 4 atom stereocenters. The third-order valence-electron chi connectivity index (χ3n) is 7.78. The van der Waals surface area contributed by atoms with Crippen molar-refractivity contribution in [1.82, 2.24) is 20.9 Å². The van der Waals surface area contributed by atoms with Crippen molar-refractivity contribution in [1.29, 1.82) is 0 Å². The first-order valence-corrected chi connectivity index (χ1v) is 12.3. The van der Waals surface area contributed by atoms with Crippen LogP contribution in [0.25, 0.3) is 0 Å². The minimum atomic E-state index is -0.865. The van der Waals surface area contributed by atoms with Gasteiger partial charge >= 0.3 is 6.03 Å². The molecule has 10 heteroatoms. The summed E-state index contributed by atoms with van der Waals surface area (Å²) in [7, 11) is 0.